The minimum atomic E-state index is 0.757. The molecule has 0 saturated carbocycles. The standard InChI is InChI=1S/C15H12ClN3S/c16-10-5-6-14-12(9-10)19(15-17-7-8-18-15)11-3-1-2-4-13(11)20-14/h1-6,9H,7-8H2,(H,17,18)/p+1. The first kappa shape index (κ1) is 12.3. The van der Waals surface area contributed by atoms with E-state index in [1.54, 1.807) is 11.8 Å². The lowest BCUT2D eigenvalue weighted by molar-refractivity contribution is -0.529. The molecule has 0 radical (unpaired) electrons. The van der Waals surface area contributed by atoms with Crippen molar-refractivity contribution in [2.75, 3.05) is 18.0 Å². The van der Waals surface area contributed by atoms with E-state index in [1.807, 2.05) is 12.1 Å². The number of halogens is 1. The molecule has 2 aromatic rings. The molecule has 2 aliphatic rings. The van der Waals surface area contributed by atoms with Crippen molar-refractivity contribution < 1.29 is 5.32 Å². The Morgan fingerprint density at radius 2 is 1.95 bits per heavy atom. The van der Waals surface area contributed by atoms with Crippen LogP contribution in [0.15, 0.2) is 57.2 Å². The van der Waals surface area contributed by atoms with Crippen LogP contribution in [0.1, 0.15) is 0 Å². The topological polar surface area (TPSA) is 32.2 Å². The van der Waals surface area contributed by atoms with E-state index in [-0.39, 0.29) is 0 Å². The number of aliphatic imine (C=N–C) groups is 1. The van der Waals surface area contributed by atoms with Crippen molar-refractivity contribution in [3.63, 3.8) is 0 Å². The van der Waals surface area contributed by atoms with Gasteiger partial charge in [-0.25, -0.2) is 9.89 Å². The third-order valence-corrected chi connectivity index (χ3v) is 4.81. The predicted molar refractivity (Wildman–Crippen MR) is 83.3 cm³/mol. The molecular formula is C15H13ClN3S+. The molecule has 0 unspecified atom stereocenters. The summed E-state index contributed by atoms with van der Waals surface area (Å²) >= 11 is 7.97. The lowest BCUT2D eigenvalue weighted by Crippen LogP contribution is -2.89. The summed E-state index contributed by atoms with van der Waals surface area (Å²) in [4.78, 5) is 9.32. The van der Waals surface area contributed by atoms with Crippen molar-refractivity contribution in [2.24, 2.45) is 4.99 Å². The van der Waals surface area contributed by atoms with E-state index in [0.717, 1.165) is 29.8 Å². The minimum absolute atomic E-state index is 0.757. The molecule has 0 aliphatic carbocycles. The van der Waals surface area contributed by atoms with Crippen LogP contribution in [0.25, 0.3) is 0 Å². The number of fused-ring (bicyclic) bond motifs is 2. The summed E-state index contributed by atoms with van der Waals surface area (Å²) in [6, 6.07) is 14.5. The number of guanidine groups is 1. The summed E-state index contributed by atoms with van der Waals surface area (Å²) in [5.41, 5.74) is 2.31. The summed E-state index contributed by atoms with van der Waals surface area (Å²) in [6.07, 6.45) is 0. The van der Waals surface area contributed by atoms with Gasteiger partial charge in [-0.15, -0.1) is 0 Å². The zero-order valence-electron chi connectivity index (χ0n) is 10.7. The first-order valence-corrected chi connectivity index (χ1v) is 7.76. The predicted octanol–water partition coefficient (Wildman–Crippen LogP) is 2.88. The lowest BCUT2D eigenvalue weighted by atomic mass is 10.2. The highest BCUT2D eigenvalue weighted by atomic mass is 35.5. The van der Waals surface area contributed by atoms with E-state index in [1.165, 1.54) is 15.5 Å². The SMILES string of the molecule is Clc1ccc2c(c1)N(C1=NCC[NH2+]1)c1ccccc1S2. The van der Waals surface area contributed by atoms with E-state index in [9.17, 15) is 0 Å². The quantitative estimate of drug-likeness (QED) is 0.811. The number of hydrogen-bond donors (Lipinski definition) is 1. The first-order chi connectivity index (χ1) is 9.83. The highest BCUT2D eigenvalue weighted by molar-refractivity contribution is 7.99. The number of nitrogens with two attached hydrogens (primary N) is 1. The van der Waals surface area contributed by atoms with Gasteiger partial charge in [-0.1, -0.05) is 35.5 Å². The number of quaternary nitrogens is 1. The van der Waals surface area contributed by atoms with Crippen molar-refractivity contribution >= 4 is 40.7 Å². The molecule has 2 aromatic carbocycles. The molecule has 0 amide bonds. The van der Waals surface area contributed by atoms with Crippen molar-refractivity contribution in [1.29, 1.82) is 0 Å². The van der Waals surface area contributed by atoms with Crippen LogP contribution >= 0.6 is 23.4 Å². The van der Waals surface area contributed by atoms with Crippen LogP contribution in [-0.4, -0.2) is 19.0 Å². The maximum Gasteiger partial charge on any atom is 0.306 e. The molecule has 100 valence electrons. The number of para-hydroxylation sites is 1. The van der Waals surface area contributed by atoms with Crippen LogP contribution in [0.5, 0.6) is 0 Å². The van der Waals surface area contributed by atoms with E-state index >= 15 is 0 Å². The molecule has 20 heavy (non-hydrogen) atoms. The second-order valence-corrected chi connectivity index (χ2v) is 6.27. The monoisotopic (exact) mass is 302 g/mol. The van der Waals surface area contributed by atoms with Crippen LogP contribution < -0.4 is 10.2 Å². The van der Waals surface area contributed by atoms with Crippen molar-refractivity contribution in [3.8, 4) is 0 Å². The molecule has 0 atom stereocenters. The Bertz CT molecular complexity index is 714. The molecular weight excluding hydrogens is 290 g/mol. The highest BCUT2D eigenvalue weighted by Crippen LogP contribution is 2.48. The van der Waals surface area contributed by atoms with Crippen molar-refractivity contribution in [1.82, 2.24) is 0 Å². The maximum absolute atomic E-state index is 6.19. The normalized spacial score (nSPS) is 16.6. The van der Waals surface area contributed by atoms with Gasteiger partial charge >= 0.3 is 5.96 Å². The molecule has 0 fully saturated rings. The highest BCUT2D eigenvalue weighted by Gasteiger charge is 2.30. The van der Waals surface area contributed by atoms with Gasteiger partial charge in [-0.05, 0) is 30.3 Å². The molecule has 0 bridgehead atoms. The number of anilines is 2. The van der Waals surface area contributed by atoms with E-state index in [0.29, 0.717) is 0 Å². The summed E-state index contributed by atoms with van der Waals surface area (Å²) < 4.78 is 0. The largest absolute Gasteiger partial charge is 0.306 e. The Morgan fingerprint density at radius 1 is 1.10 bits per heavy atom. The first-order valence-electron chi connectivity index (χ1n) is 6.57. The molecule has 4 rings (SSSR count). The van der Waals surface area contributed by atoms with Gasteiger partial charge in [-0.3, -0.25) is 5.32 Å². The van der Waals surface area contributed by atoms with Gasteiger partial charge in [0.1, 0.15) is 6.54 Å². The van der Waals surface area contributed by atoms with Gasteiger partial charge in [-0.2, -0.15) is 0 Å². The minimum Gasteiger partial charge on any atom is -0.280 e. The summed E-state index contributed by atoms with van der Waals surface area (Å²) in [7, 11) is 0. The molecule has 0 spiro atoms. The maximum atomic E-state index is 6.19. The average Bonchev–Trinajstić information content (AvgIpc) is 2.98. The molecule has 0 saturated heterocycles. The molecule has 3 nitrogen and oxygen atoms in total. The molecule has 2 N–H and O–H groups in total. The van der Waals surface area contributed by atoms with E-state index in [4.69, 9.17) is 11.6 Å². The van der Waals surface area contributed by atoms with Crippen LogP contribution in [0, 0.1) is 0 Å². The van der Waals surface area contributed by atoms with Gasteiger partial charge in [0, 0.05) is 14.8 Å². The fourth-order valence-corrected chi connectivity index (χ4v) is 3.78. The number of hydrogen-bond acceptors (Lipinski definition) is 3. The van der Waals surface area contributed by atoms with E-state index in [2.05, 4.69) is 45.5 Å². The van der Waals surface area contributed by atoms with Crippen LogP contribution in [-0.2, 0) is 0 Å². The summed E-state index contributed by atoms with van der Waals surface area (Å²) in [5, 5.41) is 2.95. The second kappa shape index (κ2) is 4.81. The van der Waals surface area contributed by atoms with Gasteiger partial charge in [0.25, 0.3) is 0 Å². The second-order valence-electron chi connectivity index (χ2n) is 4.75. The molecule has 0 aromatic heterocycles. The Balaban J connectivity index is 1.93. The molecule has 2 aliphatic heterocycles. The van der Waals surface area contributed by atoms with Crippen molar-refractivity contribution in [3.05, 3.63) is 47.5 Å². The number of benzene rings is 2. The summed E-state index contributed by atoms with van der Waals surface area (Å²) in [6.45, 7) is 1.88. The van der Waals surface area contributed by atoms with Crippen LogP contribution in [0.3, 0.4) is 0 Å². The Kier molecular flexibility index (Phi) is 2.95. The summed E-state index contributed by atoms with van der Waals surface area (Å²) in [5.74, 6) is 1.03. The Hall–Kier alpha value is -1.49. The fourth-order valence-electron chi connectivity index (χ4n) is 2.57. The van der Waals surface area contributed by atoms with Crippen LogP contribution in [0.2, 0.25) is 5.02 Å². The van der Waals surface area contributed by atoms with Gasteiger partial charge in [0.2, 0.25) is 0 Å². The third-order valence-electron chi connectivity index (χ3n) is 3.45. The lowest BCUT2D eigenvalue weighted by Gasteiger charge is -2.30. The zero-order chi connectivity index (χ0) is 13.5. The smallest absolute Gasteiger partial charge is 0.280 e. The Labute approximate surface area is 126 Å². The number of rotatable bonds is 0. The third kappa shape index (κ3) is 1.92. The molecule has 5 heteroatoms. The van der Waals surface area contributed by atoms with Gasteiger partial charge in [0.15, 0.2) is 0 Å². The Morgan fingerprint density at radius 3 is 2.80 bits per heavy atom. The zero-order valence-corrected chi connectivity index (χ0v) is 12.3. The van der Waals surface area contributed by atoms with Crippen LogP contribution in [0.4, 0.5) is 11.4 Å². The van der Waals surface area contributed by atoms with Gasteiger partial charge in [0.05, 0.1) is 17.9 Å². The number of nitrogens with zero attached hydrogens (tertiary/aromatic N) is 2. The van der Waals surface area contributed by atoms with Crippen molar-refractivity contribution in [2.45, 2.75) is 9.79 Å². The van der Waals surface area contributed by atoms with E-state index < -0.39 is 0 Å². The fraction of sp³-hybridized carbons (Fsp3) is 0.133. The van der Waals surface area contributed by atoms with Gasteiger partial charge < -0.3 is 0 Å². The molecule has 2 heterocycles. The average molecular weight is 303 g/mol.